The van der Waals surface area contributed by atoms with Crippen molar-refractivity contribution in [1.82, 2.24) is 4.90 Å². The van der Waals surface area contributed by atoms with Crippen LogP contribution in [0, 0.1) is 6.92 Å². The van der Waals surface area contributed by atoms with Crippen molar-refractivity contribution in [2.45, 2.75) is 24.9 Å². The maximum Gasteiger partial charge on any atom is 0.264 e. The molecular weight excluding hydrogens is 520 g/mol. The SMILES string of the molecule is COc1ccccc1CN(C)C(=O)c1ccc(CN(c2cc(Cl)ccc2C)S(=O)(=O)c2ccccc2)cc1. The molecule has 4 aromatic rings. The smallest absolute Gasteiger partial charge is 0.264 e. The number of sulfonamides is 1. The van der Waals surface area contributed by atoms with E-state index in [0.717, 1.165) is 22.4 Å². The molecule has 8 heteroatoms. The highest BCUT2D eigenvalue weighted by Crippen LogP contribution is 2.31. The molecule has 0 spiro atoms. The molecule has 0 aliphatic heterocycles. The number of aryl methyl sites for hydroxylation is 1. The summed E-state index contributed by atoms with van der Waals surface area (Å²) in [7, 11) is -0.547. The number of amides is 1. The highest BCUT2D eigenvalue weighted by Gasteiger charge is 2.27. The van der Waals surface area contributed by atoms with E-state index >= 15 is 0 Å². The molecule has 6 nitrogen and oxygen atoms in total. The monoisotopic (exact) mass is 548 g/mol. The maximum atomic E-state index is 13.7. The summed E-state index contributed by atoms with van der Waals surface area (Å²) in [6.07, 6.45) is 0. The molecule has 0 aromatic heterocycles. The van der Waals surface area contributed by atoms with E-state index in [-0.39, 0.29) is 17.3 Å². The first-order valence-electron chi connectivity index (χ1n) is 12.0. The Bertz CT molecular complexity index is 1520. The molecular formula is C30H29ClN2O4S. The van der Waals surface area contributed by atoms with Crippen molar-refractivity contribution in [2.24, 2.45) is 0 Å². The van der Waals surface area contributed by atoms with Gasteiger partial charge in [-0.1, -0.05) is 66.2 Å². The number of carbonyl (C=O) groups is 1. The van der Waals surface area contributed by atoms with Gasteiger partial charge in [-0.15, -0.1) is 0 Å². The number of carbonyl (C=O) groups excluding carboxylic acids is 1. The molecule has 38 heavy (non-hydrogen) atoms. The number of nitrogens with zero attached hydrogens (tertiary/aromatic N) is 2. The summed E-state index contributed by atoms with van der Waals surface area (Å²) in [5, 5.41) is 0.442. The predicted molar refractivity (Wildman–Crippen MR) is 151 cm³/mol. The molecule has 4 aromatic carbocycles. The summed E-state index contributed by atoms with van der Waals surface area (Å²) in [6, 6.07) is 28.0. The predicted octanol–water partition coefficient (Wildman–Crippen LogP) is 6.32. The first kappa shape index (κ1) is 27.2. The van der Waals surface area contributed by atoms with Crippen LogP contribution in [-0.2, 0) is 23.1 Å². The molecule has 0 fully saturated rings. The molecule has 4 rings (SSSR count). The van der Waals surface area contributed by atoms with Crippen molar-refractivity contribution >= 4 is 33.2 Å². The molecule has 1 amide bonds. The summed E-state index contributed by atoms with van der Waals surface area (Å²) in [6.45, 7) is 2.31. The van der Waals surface area contributed by atoms with Gasteiger partial charge < -0.3 is 9.64 Å². The second kappa shape index (κ2) is 11.7. The number of hydrogen-bond acceptors (Lipinski definition) is 4. The Morgan fingerprint density at radius 3 is 2.21 bits per heavy atom. The van der Waals surface area contributed by atoms with E-state index in [1.807, 2.05) is 31.2 Å². The number of methoxy groups -OCH3 is 1. The number of anilines is 1. The number of hydrogen-bond donors (Lipinski definition) is 0. The lowest BCUT2D eigenvalue weighted by Crippen LogP contribution is -2.31. The second-order valence-electron chi connectivity index (χ2n) is 8.93. The minimum Gasteiger partial charge on any atom is -0.496 e. The Hall–Kier alpha value is -3.81. The average molecular weight is 549 g/mol. The lowest BCUT2D eigenvalue weighted by atomic mass is 10.1. The van der Waals surface area contributed by atoms with Gasteiger partial charge in [0.2, 0.25) is 0 Å². The number of benzene rings is 4. The molecule has 0 atom stereocenters. The Morgan fingerprint density at radius 2 is 1.53 bits per heavy atom. The number of ether oxygens (including phenoxy) is 1. The van der Waals surface area contributed by atoms with Crippen molar-refractivity contribution in [1.29, 1.82) is 0 Å². The van der Waals surface area contributed by atoms with Crippen LogP contribution < -0.4 is 9.04 Å². The van der Waals surface area contributed by atoms with Crippen LogP contribution in [0.25, 0.3) is 0 Å². The Morgan fingerprint density at radius 1 is 0.868 bits per heavy atom. The normalized spacial score (nSPS) is 11.2. The molecule has 196 valence electrons. The first-order valence-corrected chi connectivity index (χ1v) is 13.8. The van der Waals surface area contributed by atoms with Crippen LogP contribution in [0.5, 0.6) is 5.75 Å². The van der Waals surface area contributed by atoms with E-state index in [2.05, 4.69) is 0 Å². The largest absolute Gasteiger partial charge is 0.496 e. The maximum absolute atomic E-state index is 13.7. The van der Waals surface area contributed by atoms with Crippen LogP contribution in [-0.4, -0.2) is 33.4 Å². The summed E-state index contributed by atoms with van der Waals surface area (Å²) in [5.41, 5.74) is 3.41. The van der Waals surface area contributed by atoms with Gasteiger partial charge in [0.15, 0.2) is 0 Å². The summed E-state index contributed by atoms with van der Waals surface area (Å²) >= 11 is 6.25. The van der Waals surface area contributed by atoms with E-state index in [1.165, 1.54) is 4.31 Å². The number of para-hydroxylation sites is 1. The number of rotatable bonds is 9. The van der Waals surface area contributed by atoms with Crippen LogP contribution >= 0.6 is 11.6 Å². The minimum absolute atomic E-state index is 0.0733. The fraction of sp³-hybridized carbons (Fsp3) is 0.167. The van der Waals surface area contributed by atoms with Gasteiger partial charge in [0.05, 0.1) is 24.2 Å². The van der Waals surface area contributed by atoms with Gasteiger partial charge in [0.25, 0.3) is 15.9 Å². The molecule has 0 bridgehead atoms. The van der Waals surface area contributed by atoms with E-state index in [9.17, 15) is 13.2 Å². The first-order chi connectivity index (χ1) is 18.2. The van der Waals surface area contributed by atoms with Crippen LogP contribution in [0.2, 0.25) is 5.02 Å². The zero-order chi connectivity index (χ0) is 27.3. The van der Waals surface area contributed by atoms with Crippen molar-refractivity contribution < 1.29 is 17.9 Å². The standard InChI is InChI=1S/C30H29ClN2O4S/c1-22-13-18-26(31)19-28(22)33(38(35,36)27-10-5-4-6-11-27)20-23-14-16-24(17-15-23)30(34)32(2)21-25-9-7-8-12-29(25)37-3/h4-19H,20-21H2,1-3H3. The van der Waals surface area contributed by atoms with Crippen molar-refractivity contribution in [3.8, 4) is 5.75 Å². The second-order valence-corrected chi connectivity index (χ2v) is 11.2. The van der Waals surface area contributed by atoms with Crippen molar-refractivity contribution in [3.63, 3.8) is 0 Å². The quantitative estimate of drug-likeness (QED) is 0.245. The van der Waals surface area contributed by atoms with E-state index in [0.29, 0.717) is 22.8 Å². The molecule has 0 aliphatic carbocycles. The van der Waals surface area contributed by atoms with Crippen molar-refractivity contribution in [3.05, 3.63) is 124 Å². The lowest BCUT2D eigenvalue weighted by Gasteiger charge is -2.26. The van der Waals surface area contributed by atoms with Crippen LogP contribution in [0.4, 0.5) is 5.69 Å². The van der Waals surface area contributed by atoms with Gasteiger partial charge in [-0.2, -0.15) is 0 Å². The van der Waals surface area contributed by atoms with Crippen molar-refractivity contribution in [2.75, 3.05) is 18.5 Å². The summed E-state index contributed by atoms with van der Waals surface area (Å²) < 4.78 is 34.2. The molecule has 0 unspecified atom stereocenters. The zero-order valence-electron chi connectivity index (χ0n) is 21.5. The number of halogens is 1. The van der Waals surface area contributed by atoms with E-state index in [1.54, 1.807) is 91.9 Å². The molecule has 0 N–H and O–H groups in total. The molecule has 0 radical (unpaired) electrons. The van der Waals surface area contributed by atoms with Gasteiger partial charge in [-0.05, 0) is 60.5 Å². The van der Waals surface area contributed by atoms with Gasteiger partial charge in [0, 0.05) is 29.7 Å². The van der Waals surface area contributed by atoms with Gasteiger partial charge in [-0.3, -0.25) is 9.10 Å². The summed E-state index contributed by atoms with van der Waals surface area (Å²) in [4.78, 5) is 14.9. The van der Waals surface area contributed by atoms with Gasteiger partial charge in [0.1, 0.15) is 5.75 Å². The Balaban J connectivity index is 1.60. The third-order valence-electron chi connectivity index (χ3n) is 6.24. The minimum atomic E-state index is -3.89. The van der Waals surface area contributed by atoms with Crippen LogP contribution in [0.1, 0.15) is 27.0 Å². The highest BCUT2D eigenvalue weighted by molar-refractivity contribution is 7.92. The fourth-order valence-corrected chi connectivity index (χ4v) is 5.87. The third-order valence-corrected chi connectivity index (χ3v) is 8.25. The zero-order valence-corrected chi connectivity index (χ0v) is 23.0. The molecule has 0 saturated heterocycles. The topological polar surface area (TPSA) is 66.9 Å². The molecule has 0 heterocycles. The van der Waals surface area contributed by atoms with E-state index < -0.39 is 10.0 Å². The van der Waals surface area contributed by atoms with Gasteiger partial charge in [-0.25, -0.2) is 8.42 Å². The molecule has 0 aliphatic rings. The van der Waals surface area contributed by atoms with E-state index in [4.69, 9.17) is 16.3 Å². The highest BCUT2D eigenvalue weighted by atomic mass is 35.5. The Kier molecular flexibility index (Phi) is 8.39. The third kappa shape index (κ3) is 6.01. The Labute approximate surface area is 229 Å². The summed E-state index contributed by atoms with van der Waals surface area (Å²) in [5.74, 6) is 0.570. The van der Waals surface area contributed by atoms with Gasteiger partial charge >= 0.3 is 0 Å². The average Bonchev–Trinajstić information content (AvgIpc) is 2.93. The van der Waals surface area contributed by atoms with Crippen LogP contribution in [0.3, 0.4) is 0 Å². The fourth-order valence-electron chi connectivity index (χ4n) is 4.17. The van der Waals surface area contributed by atoms with Crippen LogP contribution in [0.15, 0.2) is 102 Å². The molecule has 0 saturated carbocycles. The lowest BCUT2D eigenvalue weighted by molar-refractivity contribution is 0.0784.